The molecule has 1 aliphatic heterocycles. The zero-order valence-electron chi connectivity index (χ0n) is 18.8. The molecular weight excluding hydrogens is 473 g/mol. The molecule has 1 fully saturated rings. The van der Waals surface area contributed by atoms with Crippen LogP contribution in [0.25, 0.3) is 11.3 Å². The Kier molecular flexibility index (Phi) is 6.48. The minimum Gasteiger partial charge on any atom is -0.440 e. The molecule has 186 valence electrons. The number of amides is 1. The van der Waals surface area contributed by atoms with Gasteiger partial charge in [-0.15, -0.1) is 0 Å². The number of halogens is 5. The average molecular weight is 495 g/mol. The summed E-state index contributed by atoms with van der Waals surface area (Å²) in [5, 5.41) is 2.77. The molecule has 1 aliphatic rings. The molecule has 1 saturated heterocycles. The van der Waals surface area contributed by atoms with Crippen molar-refractivity contribution in [3.63, 3.8) is 0 Å². The lowest BCUT2D eigenvalue weighted by molar-refractivity contribution is -0.138. The molecule has 12 heteroatoms. The summed E-state index contributed by atoms with van der Waals surface area (Å²) in [6, 6.07) is 7.97. The number of aromatic nitrogens is 3. The van der Waals surface area contributed by atoms with Crippen molar-refractivity contribution in [2.75, 3.05) is 18.4 Å². The smallest absolute Gasteiger partial charge is 0.419 e. The summed E-state index contributed by atoms with van der Waals surface area (Å²) < 4.78 is 72.9. The highest BCUT2D eigenvalue weighted by Gasteiger charge is 2.47. The van der Waals surface area contributed by atoms with Gasteiger partial charge in [0.15, 0.2) is 17.3 Å². The van der Waals surface area contributed by atoms with Crippen LogP contribution in [0.4, 0.5) is 27.9 Å². The van der Waals surface area contributed by atoms with Gasteiger partial charge in [-0.25, -0.2) is 23.7 Å². The summed E-state index contributed by atoms with van der Waals surface area (Å²) >= 11 is 0. The van der Waals surface area contributed by atoms with Crippen LogP contribution in [0.3, 0.4) is 0 Å². The van der Waals surface area contributed by atoms with Crippen LogP contribution in [0.2, 0.25) is 0 Å². The molecule has 35 heavy (non-hydrogen) atoms. The van der Waals surface area contributed by atoms with Crippen LogP contribution >= 0.6 is 0 Å². The number of hydrogen-bond donors (Lipinski definition) is 1. The first-order chi connectivity index (χ1) is 16.4. The van der Waals surface area contributed by atoms with E-state index in [2.05, 4.69) is 20.3 Å². The third-order valence-electron chi connectivity index (χ3n) is 5.76. The van der Waals surface area contributed by atoms with Crippen molar-refractivity contribution in [2.24, 2.45) is 5.92 Å². The summed E-state index contributed by atoms with van der Waals surface area (Å²) in [4.78, 5) is 26.0. The third kappa shape index (κ3) is 5.41. The van der Waals surface area contributed by atoms with Gasteiger partial charge in [0.1, 0.15) is 0 Å². The van der Waals surface area contributed by atoms with Crippen LogP contribution in [-0.2, 0) is 6.18 Å². The number of carbonyl (C=O) groups is 1. The Morgan fingerprint density at radius 2 is 1.86 bits per heavy atom. The molecule has 2 aromatic heterocycles. The normalized spacial score (nSPS) is 20.0. The third-order valence-corrected chi connectivity index (χ3v) is 5.76. The number of hydrogen-bond acceptors (Lipinski definition) is 6. The molecule has 4 rings (SSSR count). The van der Waals surface area contributed by atoms with E-state index in [1.807, 2.05) is 0 Å². The maximum absolute atomic E-state index is 14.5. The van der Waals surface area contributed by atoms with E-state index in [1.165, 1.54) is 0 Å². The first kappa shape index (κ1) is 24.6. The summed E-state index contributed by atoms with van der Waals surface area (Å²) in [6.07, 6.45) is -3.79. The van der Waals surface area contributed by atoms with E-state index < -0.39 is 48.5 Å². The second-order valence-electron chi connectivity index (χ2n) is 8.49. The summed E-state index contributed by atoms with van der Waals surface area (Å²) in [5.74, 6) is -4.23. The lowest BCUT2D eigenvalue weighted by atomic mass is 9.88. The second kappa shape index (κ2) is 9.23. The maximum atomic E-state index is 14.5. The number of likely N-dealkylation sites (tertiary alicyclic amines) is 1. The Balaban J connectivity index is 1.60. The van der Waals surface area contributed by atoms with E-state index in [-0.39, 0.29) is 29.8 Å². The standard InChI is InChI=1S/C23H22F5N5O2/c1-13-8-22(24,25)12-33(17(13)11-31-21-29-9-16(10-30-21)23(26,27)28)20(34)18-19(35-14(2)32-18)15-6-4-3-5-7-15/h3-7,9-10,13,17H,8,11-12H2,1-2H3,(H,29,30,31)/t13-,17-/m1/s1. The number of piperidine rings is 1. The number of rotatable bonds is 5. The fourth-order valence-corrected chi connectivity index (χ4v) is 4.13. The molecule has 1 aromatic carbocycles. The van der Waals surface area contributed by atoms with Gasteiger partial charge in [-0.05, 0) is 5.92 Å². The maximum Gasteiger partial charge on any atom is 0.419 e. The number of anilines is 1. The SMILES string of the molecule is Cc1nc(C(=O)N2CC(F)(F)C[C@@H](C)[C@H]2CNc2ncc(C(F)(F)F)cn2)c(-c2ccccc2)o1. The van der Waals surface area contributed by atoms with E-state index in [0.29, 0.717) is 18.0 Å². The van der Waals surface area contributed by atoms with Crippen molar-refractivity contribution in [2.45, 2.75) is 38.4 Å². The zero-order chi connectivity index (χ0) is 25.4. The molecule has 0 saturated carbocycles. The fourth-order valence-electron chi connectivity index (χ4n) is 4.13. The quantitative estimate of drug-likeness (QED) is 0.499. The number of alkyl halides is 5. The molecular formula is C23H22F5N5O2. The number of carbonyl (C=O) groups excluding carboxylic acids is 1. The predicted octanol–water partition coefficient (Wildman–Crippen LogP) is 5.06. The van der Waals surface area contributed by atoms with Crippen molar-refractivity contribution < 1.29 is 31.2 Å². The van der Waals surface area contributed by atoms with Gasteiger partial charge in [-0.3, -0.25) is 4.79 Å². The average Bonchev–Trinajstić information content (AvgIpc) is 3.19. The first-order valence-electron chi connectivity index (χ1n) is 10.8. The number of benzene rings is 1. The number of nitrogens with one attached hydrogen (secondary N) is 1. The van der Waals surface area contributed by atoms with Crippen molar-refractivity contribution in [3.8, 4) is 11.3 Å². The number of aryl methyl sites for hydroxylation is 1. The Bertz CT molecular complexity index is 1180. The van der Waals surface area contributed by atoms with Crippen molar-refractivity contribution in [1.29, 1.82) is 0 Å². The van der Waals surface area contributed by atoms with Crippen LogP contribution in [0.1, 0.15) is 35.3 Å². The van der Waals surface area contributed by atoms with Gasteiger partial charge in [0.2, 0.25) is 5.95 Å². The van der Waals surface area contributed by atoms with E-state index in [1.54, 1.807) is 44.2 Å². The largest absolute Gasteiger partial charge is 0.440 e. The molecule has 0 radical (unpaired) electrons. The first-order valence-corrected chi connectivity index (χ1v) is 10.8. The minimum atomic E-state index is -4.59. The summed E-state index contributed by atoms with van der Waals surface area (Å²) in [5.41, 5.74) is -0.532. The van der Waals surface area contributed by atoms with Gasteiger partial charge in [0.25, 0.3) is 11.8 Å². The van der Waals surface area contributed by atoms with Crippen LogP contribution in [0.5, 0.6) is 0 Å². The zero-order valence-corrected chi connectivity index (χ0v) is 18.8. The Morgan fingerprint density at radius 3 is 2.49 bits per heavy atom. The molecule has 0 aliphatic carbocycles. The Labute approximate surface area is 197 Å². The number of oxazole rings is 1. The van der Waals surface area contributed by atoms with Crippen molar-refractivity contribution in [1.82, 2.24) is 19.9 Å². The van der Waals surface area contributed by atoms with Crippen LogP contribution in [-0.4, -0.2) is 50.8 Å². The van der Waals surface area contributed by atoms with Gasteiger partial charge >= 0.3 is 6.18 Å². The molecule has 0 spiro atoms. The molecule has 3 aromatic rings. The van der Waals surface area contributed by atoms with Crippen molar-refractivity contribution >= 4 is 11.9 Å². The highest BCUT2D eigenvalue weighted by atomic mass is 19.4. The lowest BCUT2D eigenvalue weighted by Gasteiger charge is -2.43. The molecule has 0 unspecified atom stereocenters. The highest BCUT2D eigenvalue weighted by Crippen LogP contribution is 2.36. The molecule has 2 atom stereocenters. The predicted molar refractivity (Wildman–Crippen MR) is 116 cm³/mol. The molecule has 1 N–H and O–H groups in total. The minimum absolute atomic E-state index is 0.0497. The van der Waals surface area contributed by atoms with Gasteiger partial charge in [-0.2, -0.15) is 13.2 Å². The summed E-state index contributed by atoms with van der Waals surface area (Å²) in [7, 11) is 0. The second-order valence-corrected chi connectivity index (χ2v) is 8.49. The lowest BCUT2D eigenvalue weighted by Crippen LogP contribution is -2.57. The Hall–Kier alpha value is -3.57. The van der Waals surface area contributed by atoms with Crippen LogP contribution < -0.4 is 5.32 Å². The van der Waals surface area contributed by atoms with E-state index >= 15 is 0 Å². The van der Waals surface area contributed by atoms with Gasteiger partial charge in [-0.1, -0.05) is 37.3 Å². The Morgan fingerprint density at radius 1 is 1.20 bits per heavy atom. The van der Waals surface area contributed by atoms with Gasteiger partial charge in [0.05, 0.1) is 18.2 Å². The van der Waals surface area contributed by atoms with Crippen LogP contribution in [0.15, 0.2) is 47.1 Å². The monoisotopic (exact) mass is 495 g/mol. The van der Waals surface area contributed by atoms with Crippen LogP contribution in [0, 0.1) is 12.8 Å². The van der Waals surface area contributed by atoms with Gasteiger partial charge in [0, 0.05) is 37.8 Å². The molecule has 1 amide bonds. The topological polar surface area (TPSA) is 84.2 Å². The van der Waals surface area contributed by atoms with E-state index in [9.17, 15) is 26.7 Å². The molecule has 7 nitrogen and oxygen atoms in total. The van der Waals surface area contributed by atoms with Gasteiger partial charge < -0.3 is 14.6 Å². The molecule has 0 bridgehead atoms. The molecule has 3 heterocycles. The van der Waals surface area contributed by atoms with E-state index in [0.717, 1.165) is 4.90 Å². The van der Waals surface area contributed by atoms with Crippen molar-refractivity contribution in [3.05, 3.63) is 59.9 Å². The number of nitrogens with zero attached hydrogens (tertiary/aromatic N) is 4. The van der Waals surface area contributed by atoms with E-state index in [4.69, 9.17) is 4.42 Å². The fraction of sp³-hybridized carbons (Fsp3) is 0.391. The summed E-state index contributed by atoms with van der Waals surface area (Å²) in [6.45, 7) is 2.25. The highest BCUT2D eigenvalue weighted by molar-refractivity contribution is 5.98.